The number of likely N-dealkylation sites (tertiary alicyclic amines) is 1. The Morgan fingerprint density at radius 3 is 2.90 bits per heavy atom. The molecule has 2 fully saturated rings. The number of likely N-dealkylation sites (N-methyl/N-ethyl adjacent to an activating group) is 1. The summed E-state index contributed by atoms with van der Waals surface area (Å²) in [5.41, 5.74) is 0. The lowest BCUT2D eigenvalue weighted by Crippen LogP contribution is -2.35. The molecule has 0 saturated carbocycles. The van der Waals surface area contributed by atoms with Gasteiger partial charge in [-0.3, -0.25) is 9.69 Å². The van der Waals surface area contributed by atoms with E-state index in [0.29, 0.717) is 6.04 Å². The molecular weight excluding hydrogens is 256 g/mol. The number of hydrogen-bond donors (Lipinski definition) is 0. The Bertz CT molecular complexity index is 497. The van der Waals surface area contributed by atoms with Crippen molar-refractivity contribution < 1.29 is 13.9 Å². The average molecular weight is 278 g/mol. The van der Waals surface area contributed by atoms with E-state index in [2.05, 4.69) is 4.90 Å². The van der Waals surface area contributed by atoms with Gasteiger partial charge in [0.15, 0.2) is 0 Å². The van der Waals surface area contributed by atoms with Gasteiger partial charge in [-0.25, -0.2) is 0 Å². The van der Waals surface area contributed by atoms with Crippen LogP contribution < -0.4 is 0 Å². The highest BCUT2D eigenvalue weighted by Crippen LogP contribution is 2.34. The fourth-order valence-corrected chi connectivity index (χ4v) is 3.25. The lowest BCUT2D eigenvalue weighted by Gasteiger charge is -2.21. The van der Waals surface area contributed by atoms with Gasteiger partial charge in [0.1, 0.15) is 17.6 Å². The fraction of sp³-hybridized carbons (Fsp3) is 0.667. The van der Waals surface area contributed by atoms with Crippen LogP contribution in [0.3, 0.4) is 0 Å². The van der Waals surface area contributed by atoms with E-state index in [4.69, 9.17) is 9.15 Å². The Morgan fingerprint density at radius 2 is 2.25 bits per heavy atom. The number of hydrogen-bond acceptors (Lipinski definition) is 4. The van der Waals surface area contributed by atoms with Crippen LogP contribution in [0.2, 0.25) is 0 Å². The molecule has 5 nitrogen and oxygen atoms in total. The van der Waals surface area contributed by atoms with Gasteiger partial charge < -0.3 is 14.1 Å². The topological polar surface area (TPSA) is 45.9 Å². The molecule has 0 bridgehead atoms. The first-order valence-corrected chi connectivity index (χ1v) is 7.20. The van der Waals surface area contributed by atoms with E-state index in [0.717, 1.165) is 37.5 Å². The fourth-order valence-electron chi connectivity index (χ4n) is 3.25. The third-order valence-electron chi connectivity index (χ3n) is 4.26. The molecule has 1 aromatic heterocycles. The Labute approximate surface area is 119 Å². The molecule has 0 spiro atoms. The molecule has 0 aromatic carbocycles. The van der Waals surface area contributed by atoms with Gasteiger partial charge in [-0.2, -0.15) is 0 Å². The van der Waals surface area contributed by atoms with Gasteiger partial charge in [0, 0.05) is 33.1 Å². The number of carbonyl (C=O) groups excluding carboxylic acids is 1. The average Bonchev–Trinajstić information content (AvgIpc) is 3.06. The minimum Gasteiger partial charge on any atom is -0.465 e. The van der Waals surface area contributed by atoms with Crippen molar-refractivity contribution in [1.29, 1.82) is 0 Å². The van der Waals surface area contributed by atoms with Crippen molar-refractivity contribution >= 4 is 5.91 Å². The van der Waals surface area contributed by atoms with E-state index in [-0.39, 0.29) is 18.1 Å². The molecular formula is C15H22N2O3. The van der Waals surface area contributed by atoms with Gasteiger partial charge in [0.05, 0.1) is 12.6 Å². The molecule has 0 radical (unpaired) electrons. The van der Waals surface area contributed by atoms with Gasteiger partial charge in [-0.05, 0) is 25.5 Å². The smallest absolute Gasteiger partial charge is 0.251 e. The largest absolute Gasteiger partial charge is 0.465 e. The summed E-state index contributed by atoms with van der Waals surface area (Å²) in [7, 11) is 3.56. The molecule has 3 atom stereocenters. The van der Waals surface area contributed by atoms with Crippen LogP contribution in [0.4, 0.5) is 0 Å². The standard InChI is InChI=1S/C15H22N2O3/c1-10-4-5-11(19-10)9-17-7-6-13-12(17)8-14(20-13)15(18)16(2)3/h4-5,12-14H,6-9H2,1-3H3/t12-,13-,14+/m1/s1. The van der Waals surface area contributed by atoms with Crippen molar-refractivity contribution in [2.45, 2.75) is 44.6 Å². The predicted octanol–water partition coefficient (Wildman–Crippen LogP) is 1.41. The molecule has 5 heteroatoms. The Kier molecular flexibility index (Phi) is 3.56. The summed E-state index contributed by atoms with van der Waals surface area (Å²) in [4.78, 5) is 16.0. The minimum absolute atomic E-state index is 0.0770. The second-order valence-corrected chi connectivity index (χ2v) is 5.97. The molecule has 0 N–H and O–H groups in total. The van der Waals surface area contributed by atoms with Crippen LogP contribution in [-0.2, 0) is 16.1 Å². The molecule has 0 aliphatic carbocycles. The summed E-state index contributed by atoms with van der Waals surface area (Å²) in [6, 6.07) is 4.36. The molecule has 3 heterocycles. The minimum atomic E-state index is -0.277. The molecule has 2 aliphatic rings. The molecule has 1 amide bonds. The van der Waals surface area contributed by atoms with Crippen LogP contribution in [0.25, 0.3) is 0 Å². The van der Waals surface area contributed by atoms with Gasteiger partial charge in [0.2, 0.25) is 0 Å². The second-order valence-electron chi connectivity index (χ2n) is 5.97. The summed E-state index contributed by atoms with van der Waals surface area (Å²) in [5.74, 6) is 2.01. The third-order valence-corrected chi connectivity index (χ3v) is 4.26. The number of fused-ring (bicyclic) bond motifs is 1. The quantitative estimate of drug-likeness (QED) is 0.838. The molecule has 2 saturated heterocycles. The van der Waals surface area contributed by atoms with Crippen molar-refractivity contribution in [1.82, 2.24) is 9.80 Å². The highest BCUT2D eigenvalue weighted by atomic mass is 16.5. The van der Waals surface area contributed by atoms with E-state index < -0.39 is 0 Å². The van der Waals surface area contributed by atoms with Crippen molar-refractivity contribution in [3.05, 3.63) is 23.7 Å². The van der Waals surface area contributed by atoms with Crippen LogP contribution in [0, 0.1) is 6.92 Å². The van der Waals surface area contributed by atoms with Crippen LogP contribution >= 0.6 is 0 Å². The molecule has 110 valence electrons. The second kappa shape index (κ2) is 5.22. The first-order valence-electron chi connectivity index (χ1n) is 7.20. The first-order chi connectivity index (χ1) is 9.54. The predicted molar refractivity (Wildman–Crippen MR) is 74.2 cm³/mol. The molecule has 0 unspecified atom stereocenters. The number of amides is 1. The van der Waals surface area contributed by atoms with E-state index in [1.165, 1.54) is 0 Å². The first kappa shape index (κ1) is 13.6. The van der Waals surface area contributed by atoms with Gasteiger partial charge >= 0.3 is 0 Å². The number of rotatable bonds is 3. The SMILES string of the molecule is Cc1ccc(CN2CC[C@H]3O[C@H](C(=O)N(C)C)C[C@H]32)o1. The number of aryl methyl sites for hydroxylation is 1. The summed E-state index contributed by atoms with van der Waals surface area (Å²) >= 11 is 0. The lowest BCUT2D eigenvalue weighted by atomic mass is 10.1. The summed E-state index contributed by atoms with van der Waals surface area (Å²) < 4.78 is 11.6. The van der Waals surface area contributed by atoms with E-state index >= 15 is 0 Å². The zero-order chi connectivity index (χ0) is 14.3. The highest BCUT2D eigenvalue weighted by Gasteiger charge is 2.45. The Hall–Kier alpha value is -1.33. The normalized spacial score (nSPS) is 29.6. The van der Waals surface area contributed by atoms with Gasteiger partial charge in [-0.1, -0.05) is 0 Å². The van der Waals surface area contributed by atoms with Crippen molar-refractivity contribution in [2.24, 2.45) is 0 Å². The van der Waals surface area contributed by atoms with Crippen molar-refractivity contribution in [3.63, 3.8) is 0 Å². The van der Waals surface area contributed by atoms with Gasteiger partial charge in [-0.15, -0.1) is 0 Å². The summed E-state index contributed by atoms with van der Waals surface area (Å²) in [6.07, 6.45) is 1.71. The number of ether oxygens (including phenoxy) is 1. The summed E-state index contributed by atoms with van der Waals surface area (Å²) in [5, 5.41) is 0. The van der Waals surface area contributed by atoms with Crippen molar-refractivity contribution in [2.75, 3.05) is 20.6 Å². The Balaban J connectivity index is 1.64. The maximum Gasteiger partial charge on any atom is 0.251 e. The zero-order valence-electron chi connectivity index (χ0n) is 12.3. The zero-order valence-corrected chi connectivity index (χ0v) is 12.3. The van der Waals surface area contributed by atoms with Crippen LogP contribution in [0.15, 0.2) is 16.5 Å². The summed E-state index contributed by atoms with van der Waals surface area (Å²) in [6.45, 7) is 3.78. The van der Waals surface area contributed by atoms with E-state index in [9.17, 15) is 4.79 Å². The maximum absolute atomic E-state index is 12.0. The van der Waals surface area contributed by atoms with Crippen LogP contribution in [-0.4, -0.2) is 54.6 Å². The highest BCUT2D eigenvalue weighted by molar-refractivity contribution is 5.80. The monoisotopic (exact) mass is 278 g/mol. The lowest BCUT2D eigenvalue weighted by molar-refractivity contribution is -0.140. The van der Waals surface area contributed by atoms with Crippen LogP contribution in [0.5, 0.6) is 0 Å². The van der Waals surface area contributed by atoms with Gasteiger partial charge in [0.25, 0.3) is 5.91 Å². The molecule has 1 aromatic rings. The van der Waals surface area contributed by atoms with Crippen molar-refractivity contribution in [3.8, 4) is 0 Å². The maximum atomic E-state index is 12.0. The number of carbonyl (C=O) groups is 1. The van der Waals surface area contributed by atoms with E-state index in [1.807, 2.05) is 19.1 Å². The molecule has 3 rings (SSSR count). The Morgan fingerprint density at radius 1 is 1.45 bits per heavy atom. The van der Waals surface area contributed by atoms with Crippen LogP contribution in [0.1, 0.15) is 24.4 Å². The molecule has 2 aliphatic heterocycles. The number of nitrogens with zero attached hydrogens (tertiary/aromatic N) is 2. The third kappa shape index (κ3) is 2.47. The molecule has 20 heavy (non-hydrogen) atoms. The van der Waals surface area contributed by atoms with E-state index in [1.54, 1.807) is 19.0 Å². The number of furan rings is 1.